The van der Waals surface area contributed by atoms with E-state index in [0.29, 0.717) is 0 Å². The molecule has 3 aromatic rings. The molecule has 0 bridgehead atoms. The Labute approximate surface area is 118 Å². The molecule has 0 aliphatic rings. The molecular formula is C13H11ClN2S2. The Morgan fingerprint density at radius 1 is 1.22 bits per heavy atom. The van der Waals surface area contributed by atoms with Crippen LogP contribution in [0, 0.1) is 0 Å². The second-order valence-corrected chi connectivity index (χ2v) is 6.56. The van der Waals surface area contributed by atoms with Crippen LogP contribution >= 0.6 is 34.5 Å². The van der Waals surface area contributed by atoms with E-state index in [1.54, 1.807) is 11.3 Å². The fraction of sp³-hybridized carbons (Fsp3) is 0.154. The molecule has 1 N–H and O–H groups in total. The molecule has 2 aromatic heterocycles. The molecular weight excluding hydrogens is 284 g/mol. The first-order valence-electron chi connectivity index (χ1n) is 5.60. The summed E-state index contributed by atoms with van der Waals surface area (Å²) < 4.78 is 5.25. The molecule has 0 aliphatic carbocycles. The van der Waals surface area contributed by atoms with E-state index in [-0.39, 0.29) is 6.04 Å². The zero-order valence-electron chi connectivity index (χ0n) is 9.68. The molecule has 2 nitrogen and oxygen atoms in total. The minimum Gasteiger partial charge on any atom is -0.368 e. The Kier molecular flexibility index (Phi) is 3.24. The Balaban J connectivity index is 1.88. The molecule has 1 atom stereocenters. The van der Waals surface area contributed by atoms with Gasteiger partial charge in [-0.1, -0.05) is 23.7 Å². The number of hydrogen-bond donors (Lipinski definition) is 1. The van der Waals surface area contributed by atoms with E-state index in [1.165, 1.54) is 21.8 Å². The highest BCUT2D eigenvalue weighted by Gasteiger charge is 2.11. The first-order chi connectivity index (χ1) is 8.74. The third-order valence-corrected chi connectivity index (χ3v) is 4.97. The SMILES string of the molecule is CC(Nc1snc2ccccc12)c1ccc(Cl)s1. The minimum atomic E-state index is 0.242. The lowest BCUT2D eigenvalue weighted by Gasteiger charge is -2.11. The summed E-state index contributed by atoms with van der Waals surface area (Å²) in [6.45, 7) is 2.14. The zero-order valence-corrected chi connectivity index (χ0v) is 12.1. The van der Waals surface area contributed by atoms with Gasteiger partial charge in [0.1, 0.15) is 5.00 Å². The molecule has 0 amide bonds. The normalized spacial score (nSPS) is 12.8. The second kappa shape index (κ2) is 4.88. The van der Waals surface area contributed by atoms with Gasteiger partial charge >= 0.3 is 0 Å². The maximum Gasteiger partial charge on any atom is 0.117 e. The summed E-state index contributed by atoms with van der Waals surface area (Å²) in [7, 11) is 0. The fourth-order valence-corrected chi connectivity index (χ4v) is 3.73. The Morgan fingerprint density at radius 2 is 2.06 bits per heavy atom. The van der Waals surface area contributed by atoms with Gasteiger partial charge < -0.3 is 5.32 Å². The van der Waals surface area contributed by atoms with E-state index in [0.717, 1.165) is 14.9 Å². The van der Waals surface area contributed by atoms with Crippen LogP contribution < -0.4 is 5.32 Å². The van der Waals surface area contributed by atoms with Gasteiger partial charge in [-0.2, -0.15) is 4.37 Å². The lowest BCUT2D eigenvalue weighted by atomic mass is 10.2. The molecule has 18 heavy (non-hydrogen) atoms. The molecule has 0 fully saturated rings. The minimum absolute atomic E-state index is 0.242. The van der Waals surface area contributed by atoms with Crippen molar-refractivity contribution in [2.75, 3.05) is 5.32 Å². The predicted octanol–water partition coefficient (Wildman–Crippen LogP) is 5.18. The van der Waals surface area contributed by atoms with Gasteiger partial charge in [0.25, 0.3) is 0 Å². The molecule has 0 saturated heterocycles. The van der Waals surface area contributed by atoms with Gasteiger partial charge in [-0.25, -0.2) is 0 Å². The topological polar surface area (TPSA) is 24.9 Å². The maximum absolute atomic E-state index is 5.96. The van der Waals surface area contributed by atoms with Gasteiger partial charge in [-0.05, 0) is 42.7 Å². The number of hydrogen-bond acceptors (Lipinski definition) is 4. The number of aromatic nitrogens is 1. The molecule has 5 heteroatoms. The first kappa shape index (κ1) is 12.0. The average molecular weight is 295 g/mol. The summed E-state index contributed by atoms with van der Waals surface area (Å²) in [4.78, 5) is 1.23. The monoisotopic (exact) mass is 294 g/mol. The van der Waals surface area contributed by atoms with Crippen LogP contribution in [0.5, 0.6) is 0 Å². The molecule has 0 aliphatic heterocycles. The van der Waals surface area contributed by atoms with Crippen molar-refractivity contribution in [3.63, 3.8) is 0 Å². The van der Waals surface area contributed by atoms with E-state index in [9.17, 15) is 0 Å². The van der Waals surface area contributed by atoms with Crippen LogP contribution in [0.1, 0.15) is 17.8 Å². The van der Waals surface area contributed by atoms with Crippen molar-refractivity contribution in [3.8, 4) is 0 Å². The standard InChI is InChI=1S/C13H11ClN2S2/c1-8(11-6-7-12(14)17-11)15-13-9-4-2-3-5-10(9)16-18-13/h2-8,15H,1H3. The van der Waals surface area contributed by atoms with Gasteiger partial charge in [0.15, 0.2) is 0 Å². The Morgan fingerprint density at radius 3 is 2.83 bits per heavy atom. The van der Waals surface area contributed by atoms with Crippen molar-refractivity contribution in [2.45, 2.75) is 13.0 Å². The van der Waals surface area contributed by atoms with Crippen LogP contribution in [0.15, 0.2) is 36.4 Å². The van der Waals surface area contributed by atoms with Crippen molar-refractivity contribution in [3.05, 3.63) is 45.6 Å². The fourth-order valence-electron chi connectivity index (χ4n) is 1.82. The molecule has 1 aromatic carbocycles. The molecule has 0 saturated carbocycles. The van der Waals surface area contributed by atoms with E-state index in [4.69, 9.17) is 11.6 Å². The van der Waals surface area contributed by atoms with E-state index < -0.39 is 0 Å². The number of thiophene rings is 1. The third-order valence-electron chi connectivity index (χ3n) is 2.75. The second-order valence-electron chi connectivity index (χ2n) is 4.04. The van der Waals surface area contributed by atoms with Crippen molar-refractivity contribution in [1.82, 2.24) is 4.37 Å². The molecule has 1 unspecified atom stereocenters. The highest BCUT2D eigenvalue weighted by atomic mass is 35.5. The van der Waals surface area contributed by atoms with E-state index >= 15 is 0 Å². The summed E-state index contributed by atoms with van der Waals surface area (Å²) in [6, 6.07) is 12.4. The van der Waals surface area contributed by atoms with Crippen LogP contribution in [0.25, 0.3) is 10.9 Å². The van der Waals surface area contributed by atoms with E-state index in [2.05, 4.69) is 28.7 Å². The quantitative estimate of drug-likeness (QED) is 0.719. The molecule has 2 heterocycles. The number of nitrogens with zero attached hydrogens (tertiary/aromatic N) is 1. The van der Waals surface area contributed by atoms with Gasteiger partial charge in [0.05, 0.1) is 15.9 Å². The summed E-state index contributed by atoms with van der Waals surface area (Å²) >= 11 is 9.08. The summed E-state index contributed by atoms with van der Waals surface area (Å²) in [5.74, 6) is 0. The van der Waals surface area contributed by atoms with Gasteiger partial charge in [-0.15, -0.1) is 11.3 Å². The van der Waals surface area contributed by atoms with Crippen LogP contribution in [-0.2, 0) is 0 Å². The zero-order chi connectivity index (χ0) is 12.5. The van der Waals surface area contributed by atoms with Crippen LogP contribution in [-0.4, -0.2) is 4.37 Å². The summed E-state index contributed by atoms with van der Waals surface area (Å²) in [6.07, 6.45) is 0. The largest absolute Gasteiger partial charge is 0.368 e. The molecule has 3 rings (SSSR count). The Hall–Kier alpha value is -1.10. The summed E-state index contributed by atoms with van der Waals surface area (Å²) in [5.41, 5.74) is 1.04. The molecule has 0 spiro atoms. The van der Waals surface area contributed by atoms with Gasteiger partial charge in [0, 0.05) is 10.3 Å². The molecule has 92 valence electrons. The molecule has 0 radical (unpaired) electrons. The van der Waals surface area contributed by atoms with E-state index in [1.807, 2.05) is 24.3 Å². The third kappa shape index (κ3) is 2.23. The number of nitrogens with one attached hydrogen (secondary N) is 1. The maximum atomic E-state index is 5.96. The number of rotatable bonds is 3. The first-order valence-corrected chi connectivity index (χ1v) is 7.57. The summed E-state index contributed by atoms with van der Waals surface area (Å²) in [5, 5.41) is 5.79. The van der Waals surface area contributed by atoms with Crippen molar-refractivity contribution in [2.24, 2.45) is 0 Å². The smallest absolute Gasteiger partial charge is 0.117 e. The van der Waals surface area contributed by atoms with Gasteiger partial charge in [0.2, 0.25) is 0 Å². The predicted molar refractivity (Wildman–Crippen MR) is 81.0 cm³/mol. The van der Waals surface area contributed by atoms with Crippen LogP contribution in [0.4, 0.5) is 5.00 Å². The average Bonchev–Trinajstić information content (AvgIpc) is 2.97. The van der Waals surface area contributed by atoms with Gasteiger partial charge in [-0.3, -0.25) is 0 Å². The highest BCUT2D eigenvalue weighted by Crippen LogP contribution is 2.33. The Bertz CT molecular complexity index is 674. The lowest BCUT2D eigenvalue weighted by molar-refractivity contribution is 0.915. The number of anilines is 1. The highest BCUT2D eigenvalue weighted by molar-refractivity contribution is 7.16. The van der Waals surface area contributed by atoms with Crippen molar-refractivity contribution >= 4 is 50.4 Å². The van der Waals surface area contributed by atoms with Crippen LogP contribution in [0.2, 0.25) is 4.34 Å². The van der Waals surface area contributed by atoms with Crippen LogP contribution in [0.3, 0.4) is 0 Å². The lowest BCUT2D eigenvalue weighted by Crippen LogP contribution is -2.03. The number of benzene rings is 1. The van der Waals surface area contributed by atoms with Crippen molar-refractivity contribution < 1.29 is 0 Å². The number of halogens is 1. The van der Waals surface area contributed by atoms with Crippen molar-refractivity contribution in [1.29, 1.82) is 0 Å². The number of fused-ring (bicyclic) bond motifs is 1.